The van der Waals surface area contributed by atoms with Gasteiger partial charge in [0.2, 0.25) is 23.6 Å². The fourth-order valence-corrected chi connectivity index (χ4v) is 10.1. The summed E-state index contributed by atoms with van der Waals surface area (Å²) < 4.78 is 26.4. The van der Waals surface area contributed by atoms with Crippen LogP contribution >= 0.6 is 0 Å². The maximum Gasteiger partial charge on any atom is 0.481 e. The minimum Gasteiger partial charge on any atom is -0.402 e. The molecule has 70 heavy (non-hydrogen) atoms. The Morgan fingerprint density at radius 3 is 2.40 bits per heavy atom. The zero-order valence-electron chi connectivity index (χ0n) is 40.9. The molecular formula is C50H67BN8O11. The van der Waals surface area contributed by atoms with Crippen molar-refractivity contribution in [3.63, 3.8) is 0 Å². The van der Waals surface area contributed by atoms with Gasteiger partial charge in [0.25, 0.3) is 0 Å². The lowest BCUT2D eigenvalue weighted by Crippen LogP contribution is -2.51. The van der Waals surface area contributed by atoms with Gasteiger partial charge in [-0.25, -0.2) is 9.67 Å². The number of aliphatic hydroxyl groups excluding tert-OH is 1. The zero-order valence-corrected chi connectivity index (χ0v) is 40.9. The number of likely N-dealkylation sites (tertiary alicyclic amines) is 1. The highest BCUT2D eigenvalue weighted by Gasteiger charge is 2.60. The Bertz CT molecular complexity index is 2300. The molecule has 1 aromatic carbocycles. The molecule has 19 nitrogen and oxygen atoms in total. The number of amides is 4. The van der Waals surface area contributed by atoms with Crippen molar-refractivity contribution < 1.29 is 52.7 Å². The van der Waals surface area contributed by atoms with E-state index in [0.29, 0.717) is 44.5 Å². The lowest BCUT2D eigenvalue weighted by Gasteiger charge is -2.36. The van der Waals surface area contributed by atoms with E-state index in [1.165, 1.54) is 23.5 Å². The molecule has 0 radical (unpaired) electrons. The van der Waals surface area contributed by atoms with E-state index in [9.17, 15) is 33.9 Å². The highest BCUT2D eigenvalue weighted by atomic mass is 16.7. The summed E-state index contributed by atoms with van der Waals surface area (Å²) in [4.78, 5) is 90.9. The number of allylic oxidation sites excluding steroid dienone is 2. The predicted molar refractivity (Wildman–Crippen MR) is 254 cm³/mol. The Hall–Kier alpha value is -5.54. The van der Waals surface area contributed by atoms with E-state index in [0.717, 1.165) is 16.9 Å². The van der Waals surface area contributed by atoms with Crippen molar-refractivity contribution in [2.75, 3.05) is 39.7 Å². The summed E-state index contributed by atoms with van der Waals surface area (Å²) in [5.74, 6) is -3.79. The number of aromatic nitrogens is 5. The molecule has 5 unspecified atom stereocenters. The molecule has 2 N–H and O–H groups in total. The summed E-state index contributed by atoms with van der Waals surface area (Å²) in [6.45, 7) is 10.2. The van der Waals surface area contributed by atoms with Crippen LogP contribution in [0.15, 0.2) is 67.3 Å². The molecule has 2 aromatic heterocycles. The third kappa shape index (κ3) is 12.9. The van der Waals surface area contributed by atoms with E-state index < -0.39 is 54.5 Å². The molecule has 2 bridgehead atoms. The first-order valence-electron chi connectivity index (χ1n) is 24.5. The van der Waals surface area contributed by atoms with Gasteiger partial charge >= 0.3 is 7.12 Å². The molecule has 4 amide bonds. The fourth-order valence-electron chi connectivity index (χ4n) is 10.1. The zero-order chi connectivity index (χ0) is 50.0. The Kier molecular flexibility index (Phi) is 17.6. The molecule has 7 rings (SSSR count). The van der Waals surface area contributed by atoms with E-state index in [4.69, 9.17) is 18.8 Å². The topological polar surface area (TPSA) is 235 Å². The van der Waals surface area contributed by atoms with Gasteiger partial charge in [-0.05, 0) is 82.6 Å². The number of aliphatic hydroxyl groups is 1. The van der Waals surface area contributed by atoms with Crippen LogP contribution in [0.5, 0.6) is 0 Å². The van der Waals surface area contributed by atoms with Crippen LogP contribution in [0.3, 0.4) is 0 Å². The summed E-state index contributed by atoms with van der Waals surface area (Å²) in [7, 11) is -0.733. The van der Waals surface area contributed by atoms with Crippen molar-refractivity contribution in [1.29, 1.82) is 0 Å². The summed E-state index contributed by atoms with van der Waals surface area (Å²) >= 11 is 0. The second-order valence-electron chi connectivity index (χ2n) is 20.1. The Morgan fingerprint density at radius 2 is 1.71 bits per heavy atom. The number of ether oxygens (including phenoxy) is 2. The number of rotatable bonds is 28. The molecule has 7 atom stereocenters. The van der Waals surface area contributed by atoms with Crippen molar-refractivity contribution in [2.45, 2.75) is 116 Å². The van der Waals surface area contributed by atoms with Crippen molar-refractivity contribution in [1.82, 2.24) is 40.1 Å². The quantitative estimate of drug-likeness (QED) is 0.0264. The third-order valence-electron chi connectivity index (χ3n) is 14.1. The van der Waals surface area contributed by atoms with Crippen molar-refractivity contribution in [3.05, 3.63) is 84.2 Å². The first kappa shape index (κ1) is 52.3. The number of benzene rings is 1. The van der Waals surface area contributed by atoms with Crippen LogP contribution in [-0.2, 0) is 62.3 Å². The van der Waals surface area contributed by atoms with Gasteiger partial charge in [0.15, 0.2) is 11.6 Å². The van der Waals surface area contributed by atoms with E-state index in [-0.39, 0.29) is 105 Å². The number of ketones is 2. The number of carbonyl (C=O) groups excluding carboxylic acids is 6. The number of imide groups is 1. The second-order valence-corrected chi connectivity index (χ2v) is 20.1. The molecule has 3 aromatic rings. The summed E-state index contributed by atoms with van der Waals surface area (Å²) in [5, 5.41) is 20.8. The minimum atomic E-state index is -0.733. The van der Waals surface area contributed by atoms with E-state index >= 15 is 0 Å². The first-order chi connectivity index (χ1) is 33.6. The predicted octanol–water partition coefficient (Wildman–Crippen LogP) is 3.59. The molecule has 20 heteroatoms. The van der Waals surface area contributed by atoms with Gasteiger partial charge in [-0.2, -0.15) is 0 Å². The number of nitrogens with zero attached hydrogens (tertiary/aromatic N) is 7. The van der Waals surface area contributed by atoms with E-state index in [1.807, 2.05) is 63.3 Å². The van der Waals surface area contributed by atoms with Gasteiger partial charge in [-0.1, -0.05) is 61.5 Å². The third-order valence-corrected chi connectivity index (χ3v) is 14.1. The number of Topliss-reactive ketones (excluding diaryl/α,β-unsaturated/α-hetero) is 2. The number of hydrogen-bond acceptors (Lipinski definition) is 15. The van der Waals surface area contributed by atoms with Crippen molar-refractivity contribution >= 4 is 42.3 Å². The second kappa shape index (κ2) is 23.6. The van der Waals surface area contributed by atoms with Crippen LogP contribution in [-0.4, -0.2) is 139 Å². The molecule has 4 heterocycles. The number of hydrogen-bond donors (Lipinski definition) is 2. The number of carbonyl (C=O) groups is 6. The van der Waals surface area contributed by atoms with Gasteiger partial charge in [0, 0.05) is 44.4 Å². The van der Waals surface area contributed by atoms with Crippen molar-refractivity contribution in [2.24, 2.45) is 35.5 Å². The normalized spacial score (nSPS) is 23.0. The van der Waals surface area contributed by atoms with Crippen LogP contribution in [0.25, 0.3) is 0 Å². The number of fused-ring (bicyclic) bond motifs is 5. The average Bonchev–Trinajstić information content (AvgIpc) is 4.17. The molecule has 4 aliphatic rings. The van der Waals surface area contributed by atoms with Gasteiger partial charge in [0.05, 0.1) is 67.6 Å². The SMILES string of the molecule is CC(C)C[C@@H](NC(=O)[C@H](CC(=O)c1cnccn1)Cc1ccccc1)B1OC(C)(C)C(C)(CCCOCOCCn2cc(CN(CC(=O)CCCO)C(=O)CN3C(=O)C4C5C=CC(C5)C4C3=O)nn2)O1. The van der Waals surface area contributed by atoms with E-state index in [2.05, 4.69) is 39.4 Å². The Balaban J connectivity index is 0.855. The van der Waals surface area contributed by atoms with Gasteiger partial charge in [-0.15, -0.1) is 5.10 Å². The van der Waals surface area contributed by atoms with Crippen molar-refractivity contribution in [3.8, 4) is 0 Å². The van der Waals surface area contributed by atoms with Crippen LogP contribution in [0, 0.1) is 35.5 Å². The molecule has 2 saturated heterocycles. The van der Waals surface area contributed by atoms with Gasteiger partial charge < -0.3 is 34.1 Å². The highest BCUT2D eigenvalue weighted by molar-refractivity contribution is 6.48. The molecular weight excluding hydrogens is 899 g/mol. The molecule has 2 aliphatic heterocycles. The van der Waals surface area contributed by atoms with Gasteiger partial charge in [-0.3, -0.25) is 38.7 Å². The molecule has 1 saturated carbocycles. The van der Waals surface area contributed by atoms with E-state index in [1.54, 1.807) is 10.9 Å². The minimum absolute atomic E-state index is 0.0125. The first-order valence-corrected chi connectivity index (χ1v) is 24.5. The average molecular weight is 967 g/mol. The summed E-state index contributed by atoms with van der Waals surface area (Å²) in [5.41, 5.74) is 0.129. The smallest absolute Gasteiger partial charge is 0.402 e. The Labute approximate surface area is 409 Å². The fraction of sp³-hybridized carbons (Fsp3) is 0.600. The lowest BCUT2D eigenvalue weighted by atomic mass is 9.73. The summed E-state index contributed by atoms with van der Waals surface area (Å²) in [6.07, 6.45) is 13.3. The number of nitrogens with one attached hydrogen (secondary N) is 1. The highest BCUT2D eigenvalue weighted by Crippen LogP contribution is 2.52. The maximum absolute atomic E-state index is 14.1. The van der Waals surface area contributed by atoms with Crippen LogP contribution in [0.4, 0.5) is 0 Å². The molecule has 2 aliphatic carbocycles. The van der Waals surface area contributed by atoms with Gasteiger partial charge in [0.1, 0.15) is 24.7 Å². The maximum atomic E-state index is 14.1. The summed E-state index contributed by atoms with van der Waals surface area (Å²) in [6, 6.07) is 9.61. The van der Waals surface area contributed by atoms with Crippen LogP contribution in [0.2, 0.25) is 0 Å². The molecule has 0 spiro atoms. The lowest BCUT2D eigenvalue weighted by molar-refractivity contribution is -0.147. The molecule has 3 fully saturated rings. The largest absolute Gasteiger partial charge is 0.481 e. The Morgan fingerprint density at radius 1 is 0.986 bits per heavy atom. The standard InChI is InChI=1S/C50H67BN8O11/c1-33(2)23-42(54-46(64)37(24-34-11-7-6-8-12-34)26-41(62)40-27-52-17-18-53-40)51-69-49(3,4)50(5,70-51)16-10-21-67-32-68-22-19-58-29-38(55-56-58)28-57(30-39(61)13-9-20-60)43(63)31-59-47(65)44-35-14-15-36(25-35)45(44)48(59)66/h6-8,11-12,14-15,17-18,27,29,33,35-37,42,44-45,60H,9-10,13,16,19-26,28,30-32H2,1-5H3,(H,54,64)/t35?,36?,37-,42+,44?,45?,50?/m0/s1. The van der Waals surface area contributed by atoms with Crippen LogP contribution < -0.4 is 5.32 Å². The molecule has 376 valence electrons. The monoisotopic (exact) mass is 967 g/mol. The van der Waals surface area contributed by atoms with Crippen LogP contribution in [0.1, 0.15) is 101 Å².